The maximum atomic E-state index is 12.3. The molecule has 1 amide bonds. The lowest BCUT2D eigenvalue weighted by Gasteiger charge is -2.26. The van der Waals surface area contributed by atoms with Gasteiger partial charge in [-0.1, -0.05) is 30.0 Å². The molecular weight excluding hydrogens is 412 g/mol. The highest BCUT2D eigenvalue weighted by atomic mass is 32.2. The summed E-state index contributed by atoms with van der Waals surface area (Å²) >= 11 is 1.38. The van der Waals surface area contributed by atoms with Crippen LogP contribution < -0.4 is 5.32 Å². The number of hydrogen-bond donors (Lipinski definition) is 1. The first-order valence-electron chi connectivity index (χ1n) is 10.6. The van der Waals surface area contributed by atoms with E-state index in [9.17, 15) is 4.79 Å². The van der Waals surface area contributed by atoms with Crippen molar-refractivity contribution in [3.63, 3.8) is 0 Å². The molecule has 4 rings (SSSR count). The molecule has 1 N–H and O–H groups in total. The normalized spacial score (nSPS) is 14.8. The molecule has 1 fully saturated rings. The van der Waals surface area contributed by atoms with E-state index in [0.29, 0.717) is 17.3 Å². The minimum absolute atomic E-state index is 0.00159. The van der Waals surface area contributed by atoms with Crippen LogP contribution in [0.15, 0.2) is 35.4 Å². The molecule has 31 heavy (non-hydrogen) atoms. The van der Waals surface area contributed by atoms with Gasteiger partial charge in [-0.3, -0.25) is 9.69 Å². The number of nitrogens with zero attached hydrogens (tertiary/aromatic N) is 5. The SMILES string of the molecule is Cc1nnc(SCC(=O)NCCCN2CCOCC2)c2nn(-c3ccccc3)c(C)c12. The second kappa shape index (κ2) is 10.2. The molecule has 164 valence electrons. The monoisotopic (exact) mass is 440 g/mol. The average molecular weight is 441 g/mol. The van der Waals surface area contributed by atoms with Crippen molar-refractivity contribution < 1.29 is 9.53 Å². The second-order valence-corrected chi connectivity index (χ2v) is 8.56. The molecule has 3 aromatic rings. The van der Waals surface area contributed by atoms with Crippen molar-refractivity contribution in [1.29, 1.82) is 0 Å². The van der Waals surface area contributed by atoms with Gasteiger partial charge in [-0.25, -0.2) is 4.68 Å². The minimum atomic E-state index is 0.00159. The third kappa shape index (κ3) is 5.23. The first-order valence-corrected chi connectivity index (χ1v) is 11.6. The summed E-state index contributed by atoms with van der Waals surface area (Å²) in [4.78, 5) is 14.7. The third-order valence-electron chi connectivity index (χ3n) is 5.39. The molecule has 2 aromatic heterocycles. The molecule has 0 atom stereocenters. The summed E-state index contributed by atoms with van der Waals surface area (Å²) in [6, 6.07) is 10.0. The highest BCUT2D eigenvalue weighted by Crippen LogP contribution is 2.29. The third-order valence-corrected chi connectivity index (χ3v) is 6.34. The highest BCUT2D eigenvalue weighted by molar-refractivity contribution is 8.00. The zero-order valence-electron chi connectivity index (χ0n) is 18.0. The maximum Gasteiger partial charge on any atom is 0.230 e. The van der Waals surface area contributed by atoms with Crippen molar-refractivity contribution in [2.75, 3.05) is 45.1 Å². The van der Waals surface area contributed by atoms with E-state index in [0.717, 1.165) is 67.2 Å². The topological polar surface area (TPSA) is 85.2 Å². The van der Waals surface area contributed by atoms with Gasteiger partial charge in [-0.05, 0) is 38.9 Å². The fourth-order valence-corrected chi connectivity index (χ4v) is 4.51. The molecule has 8 nitrogen and oxygen atoms in total. The van der Waals surface area contributed by atoms with E-state index in [1.807, 2.05) is 48.9 Å². The summed E-state index contributed by atoms with van der Waals surface area (Å²) in [5.74, 6) is 0.295. The van der Waals surface area contributed by atoms with Crippen molar-refractivity contribution in [3.8, 4) is 5.69 Å². The predicted molar refractivity (Wildman–Crippen MR) is 122 cm³/mol. The van der Waals surface area contributed by atoms with E-state index in [2.05, 4.69) is 20.4 Å². The van der Waals surface area contributed by atoms with Crippen LogP contribution in [0.5, 0.6) is 0 Å². The van der Waals surface area contributed by atoms with Crippen LogP contribution in [0.3, 0.4) is 0 Å². The number of morpholine rings is 1. The average Bonchev–Trinajstić information content (AvgIpc) is 3.16. The Morgan fingerprint density at radius 2 is 1.94 bits per heavy atom. The molecule has 3 heterocycles. The molecule has 0 saturated carbocycles. The van der Waals surface area contributed by atoms with Gasteiger partial charge in [0, 0.05) is 25.0 Å². The Hall–Kier alpha value is -2.49. The molecule has 1 saturated heterocycles. The van der Waals surface area contributed by atoms with Gasteiger partial charge in [0.15, 0.2) is 0 Å². The Bertz CT molecular complexity index is 1030. The number of aromatic nitrogens is 4. The lowest BCUT2D eigenvalue weighted by molar-refractivity contribution is -0.118. The molecule has 0 unspecified atom stereocenters. The smallest absolute Gasteiger partial charge is 0.230 e. The van der Waals surface area contributed by atoms with E-state index in [1.165, 1.54) is 11.8 Å². The van der Waals surface area contributed by atoms with Gasteiger partial charge in [0.05, 0.1) is 36.0 Å². The van der Waals surface area contributed by atoms with Gasteiger partial charge in [-0.15, -0.1) is 5.10 Å². The summed E-state index contributed by atoms with van der Waals surface area (Å²) in [5.41, 5.74) is 3.64. The van der Waals surface area contributed by atoms with Gasteiger partial charge in [0.2, 0.25) is 5.91 Å². The molecule has 1 aromatic carbocycles. The second-order valence-electron chi connectivity index (χ2n) is 7.59. The van der Waals surface area contributed by atoms with Crippen LogP contribution in [0, 0.1) is 13.8 Å². The summed E-state index contributed by atoms with van der Waals surface area (Å²) in [7, 11) is 0. The number of hydrogen-bond acceptors (Lipinski definition) is 7. The van der Waals surface area contributed by atoms with E-state index in [-0.39, 0.29) is 5.91 Å². The number of rotatable bonds is 8. The molecule has 1 aliphatic heterocycles. The van der Waals surface area contributed by atoms with Gasteiger partial charge in [-0.2, -0.15) is 10.2 Å². The van der Waals surface area contributed by atoms with E-state index in [1.54, 1.807) is 0 Å². The number of amides is 1. The Labute approximate surface area is 186 Å². The van der Waals surface area contributed by atoms with E-state index < -0.39 is 0 Å². The van der Waals surface area contributed by atoms with Crippen LogP contribution in [-0.4, -0.2) is 75.9 Å². The highest BCUT2D eigenvalue weighted by Gasteiger charge is 2.18. The number of para-hydroxylation sites is 1. The van der Waals surface area contributed by atoms with Crippen molar-refractivity contribution in [3.05, 3.63) is 41.7 Å². The summed E-state index contributed by atoms with van der Waals surface area (Å²) in [5, 5.41) is 18.1. The van der Waals surface area contributed by atoms with Crippen molar-refractivity contribution in [2.24, 2.45) is 0 Å². The Balaban J connectivity index is 1.37. The van der Waals surface area contributed by atoms with Crippen LogP contribution in [-0.2, 0) is 9.53 Å². The molecule has 9 heteroatoms. The number of ether oxygens (including phenoxy) is 1. The van der Waals surface area contributed by atoms with E-state index >= 15 is 0 Å². The Morgan fingerprint density at radius 3 is 2.71 bits per heavy atom. The quantitative estimate of drug-likeness (QED) is 0.425. The Kier molecular flexibility index (Phi) is 7.16. The van der Waals surface area contributed by atoms with Gasteiger partial charge in [0.25, 0.3) is 0 Å². The predicted octanol–water partition coefficient (Wildman–Crippen LogP) is 2.36. The first-order chi connectivity index (χ1) is 15.1. The molecule has 0 aliphatic carbocycles. The summed E-state index contributed by atoms with van der Waals surface area (Å²) in [6.45, 7) is 9.18. The van der Waals surface area contributed by atoms with E-state index in [4.69, 9.17) is 9.84 Å². The molecule has 0 bridgehead atoms. The van der Waals surface area contributed by atoms with Gasteiger partial charge in [0.1, 0.15) is 10.5 Å². The lowest BCUT2D eigenvalue weighted by atomic mass is 10.2. The van der Waals surface area contributed by atoms with Crippen molar-refractivity contribution >= 4 is 28.6 Å². The lowest BCUT2D eigenvalue weighted by Crippen LogP contribution is -2.38. The number of thioether (sulfide) groups is 1. The summed E-state index contributed by atoms with van der Waals surface area (Å²) in [6.07, 6.45) is 0.936. The van der Waals surface area contributed by atoms with Crippen molar-refractivity contribution in [1.82, 2.24) is 30.2 Å². The van der Waals surface area contributed by atoms with Crippen LogP contribution in [0.2, 0.25) is 0 Å². The van der Waals surface area contributed by atoms with Gasteiger partial charge < -0.3 is 10.1 Å². The molecule has 0 spiro atoms. The van der Waals surface area contributed by atoms with Crippen LogP contribution in [0.4, 0.5) is 0 Å². The number of benzene rings is 1. The minimum Gasteiger partial charge on any atom is -0.379 e. The number of carbonyl (C=O) groups is 1. The molecular formula is C22H28N6O2S. The zero-order chi connectivity index (χ0) is 21.6. The van der Waals surface area contributed by atoms with Crippen LogP contribution in [0.25, 0.3) is 16.6 Å². The standard InChI is InChI=1S/C22H28N6O2S/c1-16-20-17(2)28(18-7-4-3-5-8-18)26-21(20)22(25-24-16)31-15-19(29)23-9-6-10-27-11-13-30-14-12-27/h3-5,7-8H,6,9-15H2,1-2H3,(H,23,29). The zero-order valence-corrected chi connectivity index (χ0v) is 18.8. The number of aryl methyl sites for hydroxylation is 2. The number of nitrogens with one attached hydrogen (secondary N) is 1. The summed E-state index contributed by atoms with van der Waals surface area (Å²) < 4.78 is 7.27. The fourth-order valence-electron chi connectivity index (χ4n) is 3.76. The molecule has 0 radical (unpaired) electrons. The molecule has 1 aliphatic rings. The maximum absolute atomic E-state index is 12.3. The first kappa shape index (κ1) is 21.7. The van der Waals surface area contributed by atoms with Gasteiger partial charge >= 0.3 is 0 Å². The van der Waals surface area contributed by atoms with Crippen LogP contribution >= 0.6 is 11.8 Å². The largest absolute Gasteiger partial charge is 0.379 e. The number of carbonyl (C=O) groups excluding carboxylic acids is 1. The van der Waals surface area contributed by atoms with Crippen LogP contribution in [0.1, 0.15) is 17.8 Å². The fraction of sp³-hybridized carbons (Fsp3) is 0.455. The van der Waals surface area contributed by atoms with Crippen molar-refractivity contribution in [2.45, 2.75) is 25.3 Å². The Morgan fingerprint density at radius 1 is 1.16 bits per heavy atom. The number of fused-ring (bicyclic) bond motifs is 1.